The Morgan fingerprint density at radius 1 is 1.12 bits per heavy atom. The molecule has 166 valence electrons. The van der Waals surface area contributed by atoms with E-state index in [9.17, 15) is 22.8 Å². The lowest BCUT2D eigenvalue weighted by Crippen LogP contribution is -2.35. The zero-order valence-corrected chi connectivity index (χ0v) is 17.8. The van der Waals surface area contributed by atoms with E-state index in [0.717, 1.165) is 23.3 Å². The number of nitrogens with one attached hydrogen (secondary N) is 2. The van der Waals surface area contributed by atoms with Gasteiger partial charge >= 0.3 is 6.18 Å². The molecule has 0 aliphatic rings. The van der Waals surface area contributed by atoms with Gasteiger partial charge in [-0.3, -0.25) is 14.9 Å². The molecule has 0 aliphatic carbocycles. The van der Waals surface area contributed by atoms with Gasteiger partial charge in [0, 0.05) is 5.56 Å². The number of rotatable bonds is 4. The number of alkyl halides is 3. The van der Waals surface area contributed by atoms with E-state index in [-0.39, 0.29) is 22.1 Å². The zero-order chi connectivity index (χ0) is 23.6. The fourth-order valence-electron chi connectivity index (χ4n) is 3.03. The predicted octanol–water partition coefficient (Wildman–Crippen LogP) is 3.73. The number of benzene rings is 2. The van der Waals surface area contributed by atoms with Crippen molar-refractivity contribution in [3.05, 3.63) is 76.5 Å². The van der Waals surface area contributed by atoms with Crippen LogP contribution in [-0.4, -0.2) is 26.7 Å². The molecule has 2 amide bonds. The van der Waals surface area contributed by atoms with Crippen LogP contribution in [0.2, 0.25) is 0 Å². The van der Waals surface area contributed by atoms with Crippen LogP contribution in [0.25, 0.3) is 5.69 Å². The highest BCUT2D eigenvalue weighted by molar-refractivity contribution is 7.80. The fourth-order valence-corrected chi connectivity index (χ4v) is 3.21. The molecule has 0 atom stereocenters. The summed E-state index contributed by atoms with van der Waals surface area (Å²) in [6.07, 6.45) is -3.34. The molecule has 0 saturated carbocycles. The molecule has 0 fully saturated rings. The average Bonchev–Trinajstić information content (AvgIpc) is 3.10. The summed E-state index contributed by atoms with van der Waals surface area (Å²) >= 11 is 5.14. The molecule has 11 heteroatoms. The van der Waals surface area contributed by atoms with E-state index < -0.39 is 23.6 Å². The Morgan fingerprint density at radius 3 is 2.47 bits per heavy atom. The number of amides is 2. The van der Waals surface area contributed by atoms with Gasteiger partial charge in [-0.25, -0.2) is 4.68 Å². The molecule has 0 aliphatic heterocycles. The second kappa shape index (κ2) is 8.79. The highest BCUT2D eigenvalue weighted by atomic mass is 32.1. The van der Waals surface area contributed by atoms with Crippen LogP contribution in [0.5, 0.6) is 0 Å². The number of aryl methyl sites for hydroxylation is 2. The van der Waals surface area contributed by atoms with Crippen molar-refractivity contribution in [2.24, 2.45) is 5.73 Å². The number of aromatic nitrogens is 2. The first kappa shape index (κ1) is 22.9. The van der Waals surface area contributed by atoms with Crippen molar-refractivity contribution in [1.29, 1.82) is 0 Å². The van der Waals surface area contributed by atoms with E-state index in [4.69, 9.17) is 18.0 Å². The summed E-state index contributed by atoms with van der Waals surface area (Å²) in [6, 6.07) is 9.47. The molecule has 2 aromatic carbocycles. The summed E-state index contributed by atoms with van der Waals surface area (Å²) < 4.78 is 40.1. The quantitative estimate of drug-likeness (QED) is 0.514. The Bertz CT molecular complexity index is 1220. The van der Waals surface area contributed by atoms with Crippen molar-refractivity contribution in [2.75, 3.05) is 5.32 Å². The largest absolute Gasteiger partial charge is 0.416 e. The number of thiocarbonyl (C=S) groups is 1. The molecule has 7 nitrogen and oxygen atoms in total. The van der Waals surface area contributed by atoms with Gasteiger partial charge in [0.1, 0.15) is 11.4 Å². The minimum Gasteiger partial charge on any atom is -0.365 e. The number of hydrogen-bond donors (Lipinski definition) is 3. The van der Waals surface area contributed by atoms with Gasteiger partial charge in [-0.05, 0) is 55.9 Å². The van der Waals surface area contributed by atoms with Crippen molar-refractivity contribution in [3.63, 3.8) is 0 Å². The Kier molecular flexibility index (Phi) is 6.30. The van der Waals surface area contributed by atoms with Crippen LogP contribution in [0.4, 0.5) is 19.0 Å². The SMILES string of the molecule is Cc1ccc(-n2ncc(C(N)=O)c2NC(=S)NC(=O)c2cccc(C(F)(F)F)c2)c(C)c1. The van der Waals surface area contributed by atoms with E-state index in [1.165, 1.54) is 16.9 Å². The number of halogens is 3. The van der Waals surface area contributed by atoms with E-state index >= 15 is 0 Å². The standard InChI is InChI=1S/C21H18F3N5O2S/c1-11-6-7-16(12(2)8-11)29-18(15(10-26-29)17(25)30)27-20(32)28-19(31)13-4-3-5-14(9-13)21(22,23)24/h3-10H,1-2H3,(H2,25,30)(H2,27,28,31,32). The van der Waals surface area contributed by atoms with Crippen molar-refractivity contribution in [3.8, 4) is 5.69 Å². The molecule has 3 aromatic rings. The van der Waals surface area contributed by atoms with Crippen molar-refractivity contribution >= 4 is 35.0 Å². The maximum atomic E-state index is 12.9. The van der Waals surface area contributed by atoms with Crippen LogP contribution in [0, 0.1) is 13.8 Å². The molecular weight excluding hydrogens is 443 g/mol. The number of nitrogens with zero attached hydrogens (tertiary/aromatic N) is 2. The van der Waals surface area contributed by atoms with Gasteiger partial charge in [0.25, 0.3) is 11.8 Å². The third-order valence-corrected chi connectivity index (χ3v) is 4.73. The van der Waals surface area contributed by atoms with Gasteiger partial charge < -0.3 is 11.1 Å². The zero-order valence-electron chi connectivity index (χ0n) is 16.9. The summed E-state index contributed by atoms with van der Waals surface area (Å²) in [6.45, 7) is 3.78. The second-order valence-corrected chi connectivity index (χ2v) is 7.37. The molecule has 0 unspecified atom stereocenters. The molecule has 0 radical (unpaired) electrons. The summed E-state index contributed by atoms with van der Waals surface area (Å²) in [5.41, 5.74) is 6.75. The van der Waals surface area contributed by atoms with Crippen molar-refractivity contribution in [2.45, 2.75) is 20.0 Å². The lowest BCUT2D eigenvalue weighted by Gasteiger charge is -2.15. The molecule has 1 aromatic heterocycles. The second-order valence-electron chi connectivity index (χ2n) is 6.96. The monoisotopic (exact) mass is 461 g/mol. The number of anilines is 1. The smallest absolute Gasteiger partial charge is 0.365 e. The first-order valence-electron chi connectivity index (χ1n) is 9.22. The molecule has 1 heterocycles. The van der Waals surface area contributed by atoms with Crippen LogP contribution >= 0.6 is 12.2 Å². The number of primary amides is 1. The summed E-state index contributed by atoms with van der Waals surface area (Å²) in [7, 11) is 0. The third kappa shape index (κ3) is 4.94. The minimum atomic E-state index is -4.59. The maximum absolute atomic E-state index is 12.9. The van der Waals surface area contributed by atoms with E-state index in [1.807, 2.05) is 26.0 Å². The summed E-state index contributed by atoms with van der Waals surface area (Å²) in [4.78, 5) is 24.3. The number of nitrogens with two attached hydrogens (primary N) is 1. The van der Waals surface area contributed by atoms with Crippen LogP contribution in [0.15, 0.2) is 48.7 Å². The lowest BCUT2D eigenvalue weighted by atomic mass is 10.1. The molecule has 32 heavy (non-hydrogen) atoms. The van der Waals surface area contributed by atoms with E-state index in [1.54, 1.807) is 6.07 Å². The van der Waals surface area contributed by atoms with Crippen LogP contribution in [0.1, 0.15) is 37.4 Å². The van der Waals surface area contributed by atoms with Crippen molar-refractivity contribution < 1.29 is 22.8 Å². The number of hydrogen-bond acceptors (Lipinski definition) is 4. The third-order valence-electron chi connectivity index (χ3n) is 4.53. The minimum absolute atomic E-state index is 0.0145. The normalized spacial score (nSPS) is 11.2. The van der Waals surface area contributed by atoms with Gasteiger partial charge in [0.05, 0.1) is 17.4 Å². The molecule has 4 N–H and O–H groups in total. The molecule has 3 rings (SSSR count). The van der Waals surface area contributed by atoms with E-state index in [2.05, 4.69) is 15.7 Å². The average molecular weight is 461 g/mol. The molecule has 0 spiro atoms. The highest BCUT2D eigenvalue weighted by Crippen LogP contribution is 2.29. The van der Waals surface area contributed by atoms with Gasteiger partial charge in [0.2, 0.25) is 0 Å². The first-order chi connectivity index (χ1) is 15.0. The Balaban J connectivity index is 1.87. The van der Waals surface area contributed by atoms with Crippen LogP contribution in [-0.2, 0) is 6.18 Å². The first-order valence-corrected chi connectivity index (χ1v) is 9.63. The lowest BCUT2D eigenvalue weighted by molar-refractivity contribution is -0.137. The number of carbonyl (C=O) groups is 2. The number of carbonyl (C=O) groups excluding carboxylic acids is 2. The molecule has 0 saturated heterocycles. The fraction of sp³-hybridized carbons (Fsp3) is 0.143. The maximum Gasteiger partial charge on any atom is 0.416 e. The summed E-state index contributed by atoms with van der Waals surface area (Å²) in [5.74, 6) is -1.53. The van der Waals surface area contributed by atoms with Gasteiger partial charge in [0.15, 0.2) is 5.11 Å². The topological polar surface area (TPSA) is 102 Å². The Hall–Kier alpha value is -3.73. The highest BCUT2D eigenvalue weighted by Gasteiger charge is 2.31. The van der Waals surface area contributed by atoms with Gasteiger partial charge in [-0.1, -0.05) is 23.8 Å². The summed E-state index contributed by atoms with van der Waals surface area (Å²) in [5, 5.41) is 8.94. The van der Waals surface area contributed by atoms with Crippen LogP contribution < -0.4 is 16.4 Å². The van der Waals surface area contributed by atoms with Gasteiger partial charge in [-0.15, -0.1) is 0 Å². The van der Waals surface area contributed by atoms with Crippen molar-refractivity contribution in [1.82, 2.24) is 15.1 Å². The van der Waals surface area contributed by atoms with Crippen LogP contribution in [0.3, 0.4) is 0 Å². The predicted molar refractivity (Wildman–Crippen MR) is 117 cm³/mol. The Morgan fingerprint density at radius 2 is 1.84 bits per heavy atom. The molecule has 0 bridgehead atoms. The van der Waals surface area contributed by atoms with E-state index in [0.29, 0.717) is 11.8 Å². The van der Waals surface area contributed by atoms with Gasteiger partial charge in [-0.2, -0.15) is 18.3 Å². The Labute approximate surface area is 186 Å². The molecular formula is C21H18F3N5O2S.